The van der Waals surface area contributed by atoms with Crippen LogP contribution < -0.4 is 20.1 Å². The third-order valence-electron chi connectivity index (χ3n) is 4.33. The normalized spacial score (nSPS) is 11.4. The Balaban J connectivity index is 1.74. The van der Waals surface area contributed by atoms with E-state index in [1.807, 2.05) is 24.3 Å². The van der Waals surface area contributed by atoms with Crippen molar-refractivity contribution in [3.63, 3.8) is 0 Å². The summed E-state index contributed by atoms with van der Waals surface area (Å²) in [7, 11) is 3.12. The van der Waals surface area contributed by atoms with Gasteiger partial charge < -0.3 is 20.1 Å². The van der Waals surface area contributed by atoms with Crippen LogP contribution in [0.1, 0.15) is 29.0 Å². The number of carbonyl (C=O) groups excluding carboxylic acids is 1. The summed E-state index contributed by atoms with van der Waals surface area (Å²) in [5.74, 6) is 0.841. The first kappa shape index (κ1) is 19.2. The number of benzene rings is 2. The molecule has 1 unspecified atom stereocenters. The molecule has 6 heteroatoms. The molecule has 0 aliphatic heterocycles. The Hall–Kier alpha value is -3.54. The van der Waals surface area contributed by atoms with Crippen molar-refractivity contribution in [2.75, 3.05) is 24.9 Å². The standard InChI is InChI=1S/C22H23N3O3/c1-15(16-7-5-4-6-8-16)24-17-11-12-23-20(13-17)22(26)25-19-10-9-18(27-2)14-21(19)28-3/h4-15H,1-3H3,(H,23,24)(H,25,26). The minimum absolute atomic E-state index is 0.0983. The number of nitrogens with one attached hydrogen (secondary N) is 2. The van der Waals surface area contributed by atoms with Crippen molar-refractivity contribution in [2.24, 2.45) is 0 Å². The number of pyridine rings is 1. The maximum atomic E-state index is 12.7. The number of carbonyl (C=O) groups is 1. The van der Waals surface area contributed by atoms with Crippen LogP contribution in [0, 0.1) is 0 Å². The molecule has 144 valence electrons. The Labute approximate surface area is 164 Å². The average Bonchev–Trinajstić information content (AvgIpc) is 2.74. The van der Waals surface area contributed by atoms with Crippen LogP contribution in [0.3, 0.4) is 0 Å². The van der Waals surface area contributed by atoms with Gasteiger partial charge in [-0.2, -0.15) is 0 Å². The van der Waals surface area contributed by atoms with Crippen molar-refractivity contribution < 1.29 is 14.3 Å². The molecular formula is C22H23N3O3. The van der Waals surface area contributed by atoms with E-state index < -0.39 is 0 Å². The molecule has 2 N–H and O–H groups in total. The Morgan fingerprint density at radius 1 is 1.00 bits per heavy atom. The fraction of sp³-hybridized carbons (Fsp3) is 0.182. The fourth-order valence-corrected chi connectivity index (χ4v) is 2.81. The lowest BCUT2D eigenvalue weighted by molar-refractivity contribution is 0.102. The van der Waals surface area contributed by atoms with E-state index in [1.165, 1.54) is 7.11 Å². The van der Waals surface area contributed by atoms with Gasteiger partial charge in [0.05, 0.1) is 19.9 Å². The monoisotopic (exact) mass is 377 g/mol. The molecular weight excluding hydrogens is 354 g/mol. The second-order valence-electron chi connectivity index (χ2n) is 6.23. The summed E-state index contributed by atoms with van der Waals surface area (Å²) >= 11 is 0. The lowest BCUT2D eigenvalue weighted by Gasteiger charge is -2.16. The first-order valence-electron chi connectivity index (χ1n) is 8.91. The van der Waals surface area contributed by atoms with Gasteiger partial charge in [0.25, 0.3) is 5.91 Å². The van der Waals surface area contributed by atoms with E-state index in [9.17, 15) is 4.79 Å². The van der Waals surface area contributed by atoms with E-state index in [-0.39, 0.29) is 11.9 Å². The highest BCUT2D eigenvalue weighted by Crippen LogP contribution is 2.29. The number of methoxy groups -OCH3 is 2. The maximum Gasteiger partial charge on any atom is 0.274 e. The van der Waals surface area contributed by atoms with Crippen molar-refractivity contribution in [3.05, 3.63) is 78.1 Å². The van der Waals surface area contributed by atoms with Crippen LogP contribution in [0.15, 0.2) is 66.9 Å². The second kappa shape index (κ2) is 8.90. The lowest BCUT2D eigenvalue weighted by Crippen LogP contribution is -2.15. The van der Waals surface area contributed by atoms with Crippen molar-refractivity contribution >= 4 is 17.3 Å². The van der Waals surface area contributed by atoms with E-state index in [4.69, 9.17) is 9.47 Å². The minimum atomic E-state index is -0.320. The highest BCUT2D eigenvalue weighted by molar-refractivity contribution is 6.04. The highest BCUT2D eigenvalue weighted by Gasteiger charge is 2.13. The zero-order chi connectivity index (χ0) is 19.9. The summed E-state index contributed by atoms with van der Waals surface area (Å²) in [6.45, 7) is 2.07. The predicted octanol–water partition coefficient (Wildman–Crippen LogP) is 4.52. The quantitative estimate of drug-likeness (QED) is 0.633. The van der Waals surface area contributed by atoms with Crippen molar-refractivity contribution in [1.29, 1.82) is 0 Å². The zero-order valence-corrected chi connectivity index (χ0v) is 16.1. The van der Waals surface area contributed by atoms with Crippen LogP contribution in [0.25, 0.3) is 0 Å². The molecule has 0 fully saturated rings. The van der Waals surface area contributed by atoms with Gasteiger partial charge in [0, 0.05) is 24.0 Å². The number of nitrogens with zero attached hydrogens (tertiary/aromatic N) is 1. The van der Waals surface area contributed by atoms with Gasteiger partial charge in [-0.05, 0) is 36.8 Å². The number of rotatable bonds is 7. The Kier molecular flexibility index (Phi) is 6.11. The van der Waals surface area contributed by atoms with Crippen molar-refractivity contribution in [2.45, 2.75) is 13.0 Å². The first-order valence-corrected chi connectivity index (χ1v) is 8.91. The SMILES string of the molecule is COc1ccc(NC(=O)c2cc(NC(C)c3ccccc3)ccn2)c(OC)c1. The summed E-state index contributed by atoms with van der Waals surface area (Å²) in [4.78, 5) is 16.8. The van der Waals surface area contributed by atoms with E-state index in [1.54, 1.807) is 37.6 Å². The number of amides is 1. The molecule has 0 aliphatic rings. The minimum Gasteiger partial charge on any atom is -0.497 e. The van der Waals surface area contributed by atoms with E-state index in [0.29, 0.717) is 22.9 Å². The largest absolute Gasteiger partial charge is 0.497 e. The average molecular weight is 377 g/mol. The number of anilines is 2. The molecule has 1 heterocycles. The summed E-state index contributed by atoms with van der Waals surface area (Å²) in [6, 6.07) is 19.0. The summed E-state index contributed by atoms with van der Waals surface area (Å²) in [5, 5.41) is 6.23. The van der Waals surface area contributed by atoms with Crippen molar-refractivity contribution in [1.82, 2.24) is 4.98 Å². The molecule has 0 aliphatic carbocycles. The molecule has 2 aromatic carbocycles. The molecule has 0 radical (unpaired) electrons. The number of hydrogen-bond donors (Lipinski definition) is 2. The third kappa shape index (κ3) is 4.59. The molecule has 28 heavy (non-hydrogen) atoms. The van der Waals surface area contributed by atoms with Gasteiger partial charge in [-0.3, -0.25) is 9.78 Å². The Morgan fingerprint density at radius 2 is 1.79 bits per heavy atom. The number of aromatic nitrogens is 1. The Bertz CT molecular complexity index is 945. The molecule has 1 aromatic heterocycles. The molecule has 1 atom stereocenters. The van der Waals surface area contributed by atoms with Crippen LogP contribution in [0.5, 0.6) is 11.5 Å². The molecule has 0 bridgehead atoms. The van der Waals surface area contributed by atoms with Crippen molar-refractivity contribution in [3.8, 4) is 11.5 Å². The lowest BCUT2D eigenvalue weighted by atomic mass is 10.1. The maximum absolute atomic E-state index is 12.7. The van der Waals surface area contributed by atoms with Gasteiger partial charge in [-0.15, -0.1) is 0 Å². The molecule has 0 spiro atoms. The second-order valence-corrected chi connectivity index (χ2v) is 6.23. The molecule has 0 saturated carbocycles. The smallest absolute Gasteiger partial charge is 0.274 e. The predicted molar refractivity (Wildman–Crippen MR) is 110 cm³/mol. The fourth-order valence-electron chi connectivity index (χ4n) is 2.81. The zero-order valence-electron chi connectivity index (χ0n) is 16.1. The van der Waals surface area contributed by atoms with Gasteiger partial charge in [0.2, 0.25) is 0 Å². The van der Waals surface area contributed by atoms with E-state index in [2.05, 4.69) is 34.7 Å². The van der Waals surface area contributed by atoms with Gasteiger partial charge in [0.15, 0.2) is 0 Å². The van der Waals surface area contributed by atoms with Gasteiger partial charge in [-0.25, -0.2) is 0 Å². The summed E-state index contributed by atoms with van der Waals surface area (Å²) in [6.07, 6.45) is 1.61. The van der Waals surface area contributed by atoms with Gasteiger partial charge >= 0.3 is 0 Å². The molecule has 3 aromatic rings. The van der Waals surface area contributed by atoms with E-state index >= 15 is 0 Å². The number of hydrogen-bond acceptors (Lipinski definition) is 5. The van der Waals surface area contributed by atoms with Gasteiger partial charge in [0.1, 0.15) is 17.2 Å². The molecule has 6 nitrogen and oxygen atoms in total. The molecule has 1 amide bonds. The van der Waals surface area contributed by atoms with Crippen LogP contribution in [-0.4, -0.2) is 25.1 Å². The van der Waals surface area contributed by atoms with Crippen LogP contribution in [0.4, 0.5) is 11.4 Å². The van der Waals surface area contributed by atoms with Gasteiger partial charge in [-0.1, -0.05) is 30.3 Å². The van der Waals surface area contributed by atoms with E-state index in [0.717, 1.165) is 11.3 Å². The molecule has 3 rings (SSSR count). The highest BCUT2D eigenvalue weighted by atomic mass is 16.5. The van der Waals surface area contributed by atoms with Crippen LogP contribution >= 0.6 is 0 Å². The van der Waals surface area contributed by atoms with Crippen LogP contribution in [-0.2, 0) is 0 Å². The third-order valence-corrected chi connectivity index (χ3v) is 4.33. The summed E-state index contributed by atoms with van der Waals surface area (Å²) in [5.41, 5.74) is 2.83. The first-order chi connectivity index (χ1) is 13.6. The summed E-state index contributed by atoms with van der Waals surface area (Å²) < 4.78 is 10.5. The topological polar surface area (TPSA) is 72.5 Å². The number of ether oxygens (including phenoxy) is 2. The van der Waals surface area contributed by atoms with Crippen LogP contribution in [0.2, 0.25) is 0 Å². The molecule has 0 saturated heterocycles. The Morgan fingerprint density at radius 3 is 2.50 bits per heavy atom.